The van der Waals surface area contributed by atoms with Gasteiger partial charge in [0.2, 0.25) is 0 Å². The minimum atomic E-state index is -1.07. The summed E-state index contributed by atoms with van der Waals surface area (Å²) in [5.74, 6) is -0.480. The first-order valence-corrected chi connectivity index (χ1v) is 8.02. The van der Waals surface area contributed by atoms with Gasteiger partial charge in [0.25, 0.3) is 0 Å². The van der Waals surface area contributed by atoms with Crippen LogP contribution in [0.15, 0.2) is 24.3 Å². The van der Waals surface area contributed by atoms with Gasteiger partial charge < -0.3 is 15.7 Å². The molecule has 0 radical (unpaired) electrons. The third-order valence-corrected chi connectivity index (χ3v) is 3.70. The molecule has 1 unspecified atom stereocenters. The molecule has 0 saturated heterocycles. The monoisotopic (exact) mass is 325 g/mol. The van der Waals surface area contributed by atoms with E-state index in [0.717, 1.165) is 6.54 Å². The Kier molecular flexibility index (Phi) is 7.98. The van der Waals surface area contributed by atoms with Gasteiger partial charge in [0.15, 0.2) is 0 Å². The van der Waals surface area contributed by atoms with Crippen molar-refractivity contribution in [1.29, 1.82) is 0 Å². The van der Waals surface area contributed by atoms with Gasteiger partial charge in [-0.1, -0.05) is 18.2 Å². The smallest absolute Gasteiger partial charge is 0.314 e. The zero-order valence-corrected chi connectivity index (χ0v) is 14.3. The molecule has 1 aromatic rings. The van der Waals surface area contributed by atoms with Crippen LogP contribution in [0, 0.1) is 5.82 Å². The number of rotatable bonds is 8. The Bertz CT molecular complexity index is 486. The molecule has 130 valence electrons. The van der Waals surface area contributed by atoms with Crippen molar-refractivity contribution in [2.45, 2.75) is 45.9 Å². The maximum atomic E-state index is 13.5. The normalized spacial score (nSPS) is 12.7. The van der Waals surface area contributed by atoms with Crippen LogP contribution in [0.3, 0.4) is 0 Å². The highest BCUT2D eigenvalue weighted by atomic mass is 19.1. The average Bonchev–Trinajstić information content (AvgIpc) is 2.48. The van der Waals surface area contributed by atoms with E-state index in [0.29, 0.717) is 18.6 Å². The van der Waals surface area contributed by atoms with Gasteiger partial charge in [0.1, 0.15) is 5.82 Å². The van der Waals surface area contributed by atoms with Crippen molar-refractivity contribution >= 4 is 6.03 Å². The van der Waals surface area contributed by atoms with Crippen LogP contribution in [0.25, 0.3) is 0 Å². The molecule has 6 heteroatoms. The van der Waals surface area contributed by atoms with E-state index in [-0.39, 0.29) is 18.1 Å². The van der Waals surface area contributed by atoms with E-state index in [1.54, 1.807) is 12.1 Å². The summed E-state index contributed by atoms with van der Waals surface area (Å²) in [4.78, 5) is 14.0. The minimum absolute atomic E-state index is 0.0369. The predicted molar refractivity (Wildman–Crippen MR) is 89.7 cm³/mol. The number of nitrogens with zero attached hydrogens (tertiary/aromatic N) is 1. The summed E-state index contributed by atoms with van der Waals surface area (Å²) in [7, 11) is 0. The molecule has 2 amide bonds. The van der Waals surface area contributed by atoms with Crippen LogP contribution in [0.1, 0.15) is 39.4 Å². The second kappa shape index (κ2) is 9.47. The first kappa shape index (κ1) is 19.4. The molecule has 0 spiro atoms. The fourth-order valence-electron chi connectivity index (χ4n) is 2.52. The number of aliphatic hydroxyl groups excluding tert-OH is 1. The summed E-state index contributed by atoms with van der Waals surface area (Å²) in [6.45, 7) is 9.69. The van der Waals surface area contributed by atoms with E-state index >= 15 is 0 Å². The van der Waals surface area contributed by atoms with Gasteiger partial charge in [-0.3, -0.25) is 4.90 Å². The van der Waals surface area contributed by atoms with Crippen molar-refractivity contribution in [3.05, 3.63) is 35.6 Å². The number of halogens is 1. The van der Waals surface area contributed by atoms with Crippen LogP contribution in [0.4, 0.5) is 9.18 Å². The molecule has 0 aromatic heterocycles. The number of nitrogens with one attached hydrogen (secondary N) is 2. The molecule has 0 aliphatic heterocycles. The molecule has 0 aliphatic rings. The standard InChI is InChI=1S/C17H28FN3O2/c1-12(2)21(13(3)4)10-9-19-17(23)20-11-16(22)14-7-5-6-8-15(14)18/h5-8,12-13,16,22H,9-11H2,1-4H3,(H2,19,20,23). The highest BCUT2D eigenvalue weighted by Crippen LogP contribution is 2.15. The summed E-state index contributed by atoms with van der Waals surface area (Å²) >= 11 is 0. The number of hydrogen-bond acceptors (Lipinski definition) is 3. The van der Waals surface area contributed by atoms with Gasteiger partial charge in [-0.05, 0) is 33.8 Å². The van der Waals surface area contributed by atoms with E-state index in [2.05, 4.69) is 43.2 Å². The summed E-state index contributed by atoms with van der Waals surface area (Å²) in [5, 5.41) is 15.2. The quantitative estimate of drug-likeness (QED) is 0.687. The largest absolute Gasteiger partial charge is 0.386 e. The molecule has 1 atom stereocenters. The summed E-state index contributed by atoms with van der Waals surface area (Å²) in [5.41, 5.74) is 0.179. The van der Waals surface area contributed by atoms with E-state index in [1.807, 2.05) is 0 Å². The summed E-state index contributed by atoms with van der Waals surface area (Å²) < 4.78 is 13.5. The number of aliphatic hydroxyl groups is 1. The molecule has 0 heterocycles. The Balaban J connectivity index is 2.33. The molecule has 0 saturated carbocycles. The fourth-order valence-corrected chi connectivity index (χ4v) is 2.52. The van der Waals surface area contributed by atoms with E-state index in [9.17, 15) is 14.3 Å². The van der Waals surface area contributed by atoms with Crippen LogP contribution >= 0.6 is 0 Å². The Morgan fingerprint density at radius 3 is 2.35 bits per heavy atom. The first-order chi connectivity index (χ1) is 10.8. The fraction of sp³-hybridized carbons (Fsp3) is 0.588. The van der Waals surface area contributed by atoms with Crippen LogP contribution in [0.2, 0.25) is 0 Å². The SMILES string of the molecule is CC(C)N(CCNC(=O)NCC(O)c1ccccc1F)C(C)C. The van der Waals surface area contributed by atoms with E-state index in [4.69, 9.17) is 0 Å². The Labute approximate surface area is 137 Å². The number of amides is 2. The second-order valence-corrected chi connectivity index (χ2v) is 6.10. The second-order valence-electron chi connectivity index (χ2n) is 6.10. The predicted octanol–water partition coefficient (Wildman–Crippen LogP) is 2.28. The van der Waals surface area contributed by atoms with Gasteiger partial charge in [0, 0.05) is 37.3 Å². The van der Waals surface area contributed by atoms with Crippen LogP contribution in [0.5, 0.6) is 0 Å². The molecule has 3 N–H and O–H groups in total. The third-order valence-electron chi connectivity index (χ3n) is 3.70. The van der Waals surface area contributed by atoms with Gasteiger partial charge in [-0.25, -0.2) is 9.18 Å². The number of benzene rings is 1. The lowest BCUT2D eigenvalue weighted by Crippen LogP contribution is -2.45. The Hall–Kier alpha value is -1.66. The molecule has 1 rings (SSSR count). The maximum absolute atomic E-state index is 13.5. The minimum Gasteiger partial charge on any atom is -0.386 e. The lowest BCUT2D eigenvalue weighted by Gasteiger charge is -2.30. The molecule has 0 fully saturated rings. The van der Waals surface area contributed by atoms with E-state index in [1.165, 1.54) is 12.1 Å². The topological polar surface area (TPSA) is 64.6 Å². The molecule has 5 nitrogen and oxygen atoms in total. The van der Waals surface area contributed by atoms with Gasteiger partial charge in [0.05, 0.1) is 6.10 Å². The van der Waals surface area contributed by atoms with Crippen molar-refractivity contribution in [2.24, 2.45) is 0 Å². The van der Waals surface area contributed by atoms with Crippen LogP contribution in [-0.4, -0.2) is 47.8 Å². The summed E-state index contributed by atoms with van der Waals surface area (Å²) in [6, 6.07) is 6.43. The van der Waals surface area contributed by atoms with Crippen LogP contribution < -0.4 is 10.6 Å². The lowest BCUT2D eigenvalue weighted by atomic mass is 10.1. The number of hydrogen-bond donors (Lipinski definition) is 3. The first-order valence-electron chi connectivity index (χ1n) is 8.02. The zero-order valence-electron chi connectivity index (χ0n) is 14.3. The molecule has 0 bridgehead atoms. The Morgan fingerprint density at radius 2 is 1.78 bits per heavy atom. The van der Waals surface area contributed by atoms with Crippen LogP contribution in [-0.2, 0) is 0 Å². The van der Waals surface area contributed by atoms with Crippen molar-refractivity contribution in [2.75, 3.05) is 19.6 Å². The van der Waals surface area contributed by atoms with Crippen molar-refractivity contribution < 1.29 is 14.3 Å². The summed E-state index contributed by atoms with van der Waals surface area (Å²) in [6.07, 6.45) is -1.07. The molecular formula is C17H28FN3O2. The van der Waals surface area contributed by atoms with Crippen molar-refractivity contribution in [3.63, 3.8) is 0 Å². The molecule has 1 aromatic carbocycles. The number of carbonyl (C=O) groups excluding carboxylic acids is 1. The zero-order chi connectivity index (χ0) is 17.4. The average molecular weight is 325 g/mol. The van der Waals surface area contributed by atoms with Crippen molar-refractivity contribution in [1.82, 2.24) is 15.5 Å². The molecule has 0 aliphatic carbocycles. The molecular weight excluding hydrogens is 297 g/mol. The lowest BCUT2D eigenvalue weighted by molar-refractivity contribution is 0.165. The highest BCUT2D eigenvalue weighted by molar-refractivity contribution is 5.73. The van der Waals surface area contributed by atoms with Gasteiger partial charge >= 0.3 is 6.03 Å². The molecule has 23 heavy (non-hydrogen) atoms. The Morgan fingerprint density at radius 1 is 1.17 bits per heavy atom. The maximum Gasteiger partial charge on any atom is 0.314 e. The highest BCUT2D eigenvalue weighted by Gasteiger charge is 2.15. The van der Waals surface area contributed by atoms with Crippen molar-refractivity contribution in [3.8, 4) is 0 Å². The number of carbonyl (C=O) groups is 1. The third kappa shape index (κ3) is 6.54. The van der Waals surface area contributed by atoms with Gasteiger partial charge in [-0.2, -0.15) is 0 Å². The van der Waals surface area contributed by atoms with Gasteiger partial charge in [-0.15, -0.1) is 0 Å². The van der Waals surface area contributed by atoms with E-state index < -0.39 is 11.9 Å². The number of urea groups is 1.